The summed E-state index contributed by atoms with van der Waals surface area (Å²) >= 11 is 0. The maximum atomic E-state index is 5.84. The minimum Gasteiger partial charge on any atom is -0.489 e. The number of ether oxygens (including phenoxy) is 1. The van der Waals surface area contributed by atoms with Crippen LogP contribution in [0, 0.1) is 5.92 Å². The first-order valence-corrected chi connectivity index (χ1v) is 7.61. The second kappa shape index (κ2) is 7.84. The highest BCUT2D eigenvalue weighted by Gasteiger charge is 2.01. The molecule has 0 unspecified atom stereocenters. The van der Waals surface area contributed by atoms with Gasteiger partial charge < -0.3 is 10.1 Å². The van der Waals surface area contributed by atoms with Crippen molar-refractivity contribution in [3.05, 3.63) is 47.8 Å². The summed E-state index contributed by atoms with van der Waals surface area (Å²) in [5.74, 6) is 1.57. The van der Waals surface area contributed by atoms with Gasteiger partial charge in [0.1, 0.15) is 12.4 Å². The van der Waals surface area contributed by atoms with E-state index in [-0.39, 0.29) is 0 Å². The molecule has 0 aliphatic carbocycles. The van der Waals surface area contributed by atoms with Gasteiger partial charge in [-0.05, 0) is 37.1 Å². The molecule has 2 aromatic rings. The number of benzene rings is 1. The molecule has 0 saturated heterocycles. The monoisotopic (exact) mass is 287 g/mol. The smallest absolute Gasteiger partial charge is 0.120 e. The Bertz CT molecular complexity index is 548. The first kappa shape index (κ1) is 15.6. The molecule has 0 bridgehead atoms. The van der Waals surface area contributed by atoms with Crippen LogP contribution in [0.3, 0.4) is 0 Å². The van der Waals surface area contributed by atoms with Gasteiger partial charge in [-0.1, -0.05) is 26.0 Å². The van der Waals surface area contributed by atoms with Crippen LogP contribution in [0.4, 0.5) is 0 Å². The molecule has 0 saturated carbocycles. The molecule has 0 fully saturated rings. The van der Waals surface area contributed by atoms with Gasteiger partial charge in [0.2, 0.25) is 0 Å². The average molecular weight is 287 g/mol. The van der Waals surface area contributed by atoms with Gasteiger partial charge in [0.05, 0.1) is 6.20 Å². The third-order valence-electron chi connectivity index (χ3n) is 3.20. The van der Waals surface area contributed by atoms with Gasteiger partial charge in [-0.15, -0.1) is 0 Å². The van der Waals surface area contributed by atoms with Crippen molar-refractivity contribution in [2.24, 2.45) is 5.92 Å². The van der Waals surface area contributed by atoms with E-state index in [1.165, 1.54) is 5.56 Å². The van der Waals surface area contributed by atoms with E-state index in [0.29, 0.717) is 12.5 Å². The van der Waals surface area contributed by atoms with Crippen LogP contribution in [0.1, 0.15) is 31.9 Å². The molecular weight excluding hydrogens is 262 g/mol. The molecule has 1 aromatic carbocycles. The Hall–Kier alpha value is -1.81. The van der Waals surface area contributed by atoms with E-state index in [9.17, 15) is 0 Å². The van der Waals surface area contributed by atoms with Crippen LogP contribution in [-0.4, -0.2) is 16.3 Å². The lowest BCUT2D eigenvalue weighted by molar-refractivity contribution is 0.305. The lowest BCUT2D eigenvalue weighted by Crippen LogP contribution is -2.18. The fourth-order valence-corrected chi connectivity index (χ4v) is 2.07. The summed E-state index contributed by atoms with van der Waals surface area (Å²) in [4.78, 5) is 0. The van der Waals surface area contributed by atoms with Crippen molar-refractivity contribution >= 4 is 0 Å². The Kier molecular flexibility index (Phi) is 5.81. The van der Waals surface area contributed by atoms with Crippen molar-refractivity contribution in [2.45, 2.75) is 40.5 Å². The van der Waals surface area contributed by atoms with Crippen molar-refractivity contribution in [1.29, 1.82) is 0 Å². The van der Waals surface area contributed by atoms with E-state index in [2.05, 4.69) is 43.3 Å². The minimum absolute atomic E-state index is 0.558. The standard InChI is InChI=1S/C17H25N3O/c1-4-20-12-16(11-19-20)13-21-17-7-5-6-15(8-17)10-18-9-14(2)3/h5-8,11-12,14,18H,4,9-10,13H2,1-3H3. The Balaban J connectivity index is 1.85. The second-order valence-corrected chi connectivity index (χ2v) is 5.67. The zero-order valence-electron chi connectivity index (χ0n) is 13.2. The van der Waals surface area contributed by atoms with Crippen LogP contribution in [-0.2, 0) is 19.7 Å². The number of aromatic nitrogens is 2. The van der Waals surface area contributed by atoms with E-state index in [4.69, 9.17) is 4.74 Å². The summed E-state index contributed by atoms with van der Waals surface area (Å²) in [6, 6.07) is 8.25. The molecule has 0 spiro atoms. The SMILES string of the molecule is CCn1cc(COc2cccc(CNCC(C)C)c2)cn1. The maximum absolute atomic E-state index is 5.84. The first-order chi connectivity index (χ1) is 10.2. The largest absolute Gasteiger partial charge is 0.489 e. The summed E-state index contributed by atoms with van der Waals surface area (Å²) in [6.45, 7) is 9.85. The predicted molar refractivity (Wildman–Crippen MR) is 85.2 cm³/mol. The molecule has 2 rings (SSSR count). The highest BCUT2D eigenvalue weighted by atomic mass is 16.5. The molecule has 0 aliphatic heterocycles. The van der Waals surface area contributed by atoms with E-state index in [1.54, 1.807) is 0 Å². The van der Waals surface area contributed by atoms with Crippen LogP contribution < -0.4 is 10.1 Å². The zero-order chi connectivity index (χ0) is 15.1. The molecule has 4 heteroatoms. The molecule has 1 aromatic heterocycles. The quantitative estimate of drug-likeness (QED) is 0.810. The van der Waals surface area contributed by atoms with Gasteiger partial charge in [0.25, 0.3) is 0 Å². The lowest BCUT2D eigenvalue weighted by atomic mass is 10.2. The molecular formula is C17H25N3O. The average Bonchev–Trinajstić information content (AvgIpc) is 2.93. The summed E-state index contributed by atoms with van der Waals surface area (Å²) in [6.07, 6.45) is 3.88. The fourth-order valence-electron chi connectivity index (χ4n) is 2.07. The summed E-state index contributed by atoms with van der Waals surface area (Å²) in [7, 11) is 0. The van der Waals surface area contributed by atoms with Gasteiger partial charge in [-0.3, -0.25) is 4.68 Å². The van der Waals surface area contributed by atoms with Crippen LogP contribution in [0.2, 0.25) is 0 Å². The summed E-state index contributed by atoms with van der Waals surface area (Å²) in [5, 5.41) is 7.69. The third kappa shape index (κ3) is 5.23. The maximum Gasteiger partial charge on any atom is 0.120 e. The van der Waals surface area contributed by atoms with E-state index in [0.717, 1.165) is 30.9 Å². The second-order valence-electron chi connectivity index (χ2n) is 5.67. The fraction of sp³-hybridized carbons (Fsp3) is 0.471. The Labute approximate surface area is 127 Å². The van der Waals surface area contributed by atoms with Crippen molar-refractivity contribution in [1.82, 2.24) is 15.1 Å². The Morgan fingerprint density at radius 3 is 2.86 bits per heavy atom. The van der Waals surface area contributed by atoms with Gasteiger partial charge in [0, 0.05) is 24.8 Å². The zero-order valence-corrected chi connectivity index (χ0v) is 13.2. The molecule has 1 heterocycles. The lowest BCUT2D eigenvalue weighted by Gasteiger charge is -2.09. The van der Waals surface area contributed by atoms with Crippen LogP contribution in [0.15, 0.2) is 36.7 Å². The molecule has 0 atom stereocenters. The molecule has 0 aliphatic rings. The van der Waals surface area contributed by atoms with Crippen molar-refractivity contribution in [2.75, 3.05) is 6.54 Å². The topological polar surface area (TPSA) is 39.1 Å². The number of nitrogens with one attached hydrogen (secondary N) is 1. The molecule has 0 amide bonds. The third-order valence-corrected chi connectivity index (χ3v) is 3.20. The van der Waals surface area contributed by atoms with E-state index < -0.39 is 0 Å². The number of nitrogens with zero attached hydrogens (tertiary/aromatic N) is 2. The van der Waals surface area contributed by atoms with E-state index >= 15 is 0 Å². The van der Waals surface area contributed by atoms with E-state index in [1.807, 2.05) is 29.2 Å². The number of hydrogen-bond donors (Lipinski definition) is 1. The van der Waals surface area contributed by atoms with Gasteiger partial charge in [0.15, 0.2) is 0 Å². The highest BCUT2D eigenvalue weighted by molar-refractivity contribution is 5.28. The minimum atomic E-state index is 0.558. The van der Waals surface area contributed by atoms with Crippen LogP contribution in [0.25, 0.3) is 0 Å². The summed E-state index contributed by atoms with van der Waals surface area (Å²) < 4.78 is 7.74. The number of hydrogen-bond acceptors (Lipinski definition) is 3. The Morgan fingerprint density at radius 2 is 2.14 bits per heavy atom. The number of aryl methyl sites for hydroxylation is 1. The number of rotatable bonds is 8. The molecule has 21 heavy (non-hydrogen) atoms. The van der Waals surface area contributed by atoms with Crippen molar-refractivity contribution < 1.29 is 4.74 Å². The van der Waals surface area contributed by atoms with Gasteiger partial charge in [-0.25, -0.2) is 0 Å². The molecule has 4 nitrogen and oxygen atoms in total. The van der Waals surface area contributed by atoms with Gasteiger partial charge >= 0.3 is 0 Å². The summed E-state index contributed by atoms with van der Waals surface area (Å²) in [5.41, 5.74) is 2.34. The first-order valence-electron chi connectivity index (χ1n) is 7.61. The van der Waals surface area contributed by atoms with Crippen molar-refractivity contribution in [3.63, 3.8) is 0 Å². The normalized spacial score (nSPS) is 11.0. The highest BCUT2D eigenvalue weighted by Crippen LogP contribution is 2.15. The molecule has 1 N–H and O–H groups in total. The van der Waals surface area contributed by atoms with Gasteiger partial charge in [-0.2, -0.15) is 5.10 Å². The molecule has 0 radical (unpaired) electrons. The molecule has 114 valence electrons. The van der Waals surface area contributed by atoms with Crippen LogP contribution in [0.5, 0.6) is 5.75 Å². The predicted octanol–water partition coefficient (Wildman–Crippen LogP) is 3.23. The van der Waals surface area contributed by atoms with Crippen molar-refractivity contribution in [3.8, 4) is 5.75 Å². The van der Waals surface area contributed by atoms with Crippen LogP contribution >= 0.6 is 0 Å². The Morgan fingerprint density at radius 1 is 1.29 bits per heavy atom.